The Labute approximate surface area is 143 Å². The first kappa shape index (κ1) is 16.9. The second-order valence-electron chi connectivity index (χ2n) is 6.88. The predicted molar refractivity (Wildman–Crippen MR) is 91.6 cm³/mol. The molecule has 24 heavy (non-hydrogen) atoms. The summed E-state index contributed by atoms with van der Waals surface area (Å²) < 4.78 is 0. The maximum absolute atomic E-state index is 12.3. The molecule has 1 aromatic heterocycles. The molecule has 0 bridgehead atoms. The van der Waals surface area contributed by atoms with Gasteiger partial charge in [0.2, 0.25) is 11.9 Å². The van der Waals surface area contributed by atoms with Crippen molar-refractivity contribution in [3.05, 3.63) is 17.5 Å². The van der Waals surface area contributed by atoms with Crippen LogP contribution in [0.2, 0.25) is 0 Å². The largest absolute Gasteiger partial charge is 0.350 e. The number of carbonyl (C=O) groups is 2. The third kappa shape index (κ3) is 4.30. The van der Waals surface area contributed by atoms with E-state index in [2.05, 4.69) is 20.2 Å². The monoisotopic (exact) mass is 330 g/mol. The van der Waals surface area contributed by atoms with Crippen molar-refractivity contribution in [3.8, 4) is 0 Å². The van der Waals surface area contributed by atoms with Gasteiger partial charge in [-0.15, -0.1) is 0 Å². The normalized spacial score (nSPS) is 19.4. The fourth-order valence-corrected chi connectivity index (χ4v) is 3.47. The van der Waals surface area contributed by atoms with Gasteiger partial charge in [0.25, 0.3) is 0 Å². The molecule has 1 aliphatic carbocycles. The van der Waals surface area contributed by atoms with Crippen molar-refractivity contribution >= 4 is 17.6 Å². The third-order valence-corrected chi connectivity index (χ3v) is 4.89. The van der Waals surface area contributed by atoms with Gasteiger partial charge in [0.05, 0.1) is 12.2 Å². The van der Waals surface area contributed by atoms with E-state index in [1.807, 2.05) is 13.0 Å². The molecule has 0 radical (unpaired) electrons. The molecule has 0 atom stereocenters. The number of ketones is 1. The highest BCUT2D eigenvalue weighted by atomic mass is 16.2. The van der Waals surface area contributed by atoms with E-state index in [4.69, 9.17) is 0 Å². The molecule has 1 saturated heterocycles. The zero-order valence-corrected chi connectivity index (χ0v) is 14.4. The van der Waals surface area contributed by atoms with Crippen molar-refractivity contribution in [2.45, 2.75) is 58.4 Å². The Morgan fingerprint density at radius 2 is 1.92 bits per heavy atom. The Balaban J connectivity index is 1.59. The molecule has 0 unspecified atom stereocenters. The van der Waals surface area contributed by atoms with Gasteiger partial charge < -0.3 is 10.2 Å². The van der Waals surface area contributed by atoms with Crippen LogP contribution in [-0.2, 0) is 16.1 Å². The molecule has 1 aliphatic heterocycles. The minimum absolute atomic E-state index is 0.0350. The summed E-state index contributed by atoms with van der Waals surface area (Å²) in [6.45, 7) is 4.40. The lowest BCUT2D eigenvalue weighted by Gasteiger charge is -2.27. The second kappa shape index (κ2) is 7.73. The average Bonchev–Trinajstić information content (AvgIpc) is 2.60. The first-order chi connectivity index (χ1) is 11.6. The number of hydrogen-bond acceptors (Lipinski definition) is 5. The first-order valence-electron chi connectivity index (χ1n) is 9.01. The molecule has 0 spiro atoms. The molecular weight excluding hydrogens is 304 g/mol. The van der Waals surface area contributed by atoms with E-state index in [1.54, 1.807) is 0 Å². The van der Waals surface area contributed by atoms with Gasteiger partial charge in [-0.25, -0.2) is 9.97 Å². The smallest absolute Gasteiger partial charge is 0.225 e. The van der Waals surface area contributed by atoms with E-state index in [0.29, 0.717) is 32.2 Å². The number of rotatable bonds is 4. The van der Waals surface area contributed by atoms with Gasteiger partial charge in [-0.3, -0.25) is 9.59 Å². The Morgan fingerprint density at radius 1 is 1.21 bits per heavy atom. The molecular formula is C18H26N4O2. The summed E-state index contributed by atoms with van der Waals surface area (Å²) in [4.78, 5) is 35.0. The number of Topliss-reactive ketones (excluding diaryl/α,β-unsaturated/α-hetero) is 1. The summed E-state index contributed by atoms with van der Waals surface area (Å²) in [5.41, 5.74) is 1.78. The van der Waals surface area contributed by atoms with E-state index in [9.17, 15) is 9.59 Å². The predicted octanol–water partition coefficient (Wildman–Crippen LogP) is 2.15. The zero-order chi connectivity index (χ0) is 16.9. The van der Waals surface area contributed by atoms with Crippen molar-refractivity contribution in [1.29, 1.82) is 0 Å². The Bertz CT molecular complexity index is 601. The van der Waals surface area contributed by atoms with Gasteiger partial charge in [-0.1, -0.05) is 0 Å². The minimum Gasteiger partial charge on any atom is -0.350 e. The average molecular weight is 330 g/mol. The molecule has 2 fully saturated rings. The van der Waals surface area contributed by atoms with Crippen molar-refractivity contribution in [3.63, 3.8) is 0 Å². The fraction of sp³-hybridized carbons (Fsp3) is 0.667. The van der Waals surface area contributed by atoms with Crippen LogP contribution in [0.5, 0.6) is 0 Å². The van der Waals surface area contributed by atoms with Crippen LogP contribution < -0.4 is 10.2 Å². The van der Waals surface area contributed by atoms with Gasteiger partial charge in [-0.05, 0) is 45.1 Å². The number of nitrogens with zero attached hydrogens (tertiary/aromatic N) is 3. The van der Waals surface area contributed by atoms with E-state index in [1.165, 1.54) is 19.3 Å². The molecule has 0 aromatic carbocycles. The van der Waals surface area contributed by atoms with Crippen LogP contribution in [-0.4, -0.2) is 34.7 Å². The number of aryl methyl sites for hydroxylation is 1. The van der Waals surface area contributed by atoms with Gasteiger partial charge in [-0.2, -0.15) is 0 Å². The van der Waals surface area contributed by atoms with Crippen LogP contribution in [0, 0.1) is 12.8 Å². The number of aromatic nitrogens is 2. The van der Waals surface area contributed by atoms with Gasteiger partial charge in [0.15, 0.2) is 0 Å². The van der Waals surface area contributed by atoms with Crippen molar-refractivity contribution in [2.75, 3.05) is 18.0 Å². The molecule has 1 aromatic rings. The van der Waals surface area contributed by atoms with Crippen molar-refractivity contribution in [1.82, 2.24) is 15.3 Å². The highest BCUT2D eigenvalue weighted by molar-refractivity contribution is 5.84. The number of anilines is 1. The van der Waals surface area contributed by atoms with Gasteiger partial charge in [0, 0.05) is 37.5 Å². The number of piperidine rings is 1. The lowest BCUT2D eigenvalue weighted by atomic mass is 9.88. The van der Waals surface area contributed by atoms with Gasteiger partial charge >= 0.3 is 0 Å². The molecule has 1 amide bonds. The number of hydrogen-bond donors (Lipinski definition) is 1. The summed E-state index contributed by atoms with van der Waals surface area (Å²) >= 11 is 0. The number of carbonyl (C=O) groups excluding carboxylic acids is 2. The van der Waals surface area contributed by atoms with E-state index >= 15 is 0 Å². The number of amides is 1. The standard InChI is InChI=1S/C18H26N4O2/c1-13-11-15(21-18(20-13)22-9-3-2-4-10-22)12-19-17(24)14-5-7-16(23)8-6-14/h11,14H,2-10,12H2,1H3,(H,19,24). The SMILES string of the molecule is Cc1cc(CNC(=O)C2CCC(=O)CC2)nc(N2CCCCC2)n1. The topological polar surface area (TPSA) is 75.2 Å². The Hall–Kier alpha value is -1.98. The third-order valence-electron chi connectivity index (χ3n) is 4.89. The van der Waals surface area contributed by atoms with Crippen molar-refractivity contribution < 1.29 is 9.59 Å². The highest BCUT2D eigenvalue weighted by Crippen LogP contribution is 2.22. The van der Waals surface area contributed by atoms with E-state index in [-0.39, 0.29) is 17.6 Å². The van der Waals surface area contributed by atoms with E-state index in [0.717, 1.165) is 30.4 Å². The molecule has 6 nitrogen and oxygen atoms in total. The van der Waals surface area contributed by atoms with Crippen LogP contribution in [0.1, 0.15) is 56.3 Å². The minimum atomic E-state index is -0.0350. The summed E-state index contributed by atoms with van der Waals surface area (Å²) in [7, 11) is 0. The maximum Gasteiger partial charge on any atom is 0.225 e. The van der Waals surface area contributed by atoms with Gasteiger partial charge in [0.1, 0.15) is 5.78 Å². The van der Waals surface area contributed by atoms with E-state index < -0.39 is 0 Å². The summed E-state index contributed by atoms with van der Waals surface area (Å²) in [5, 5.41) is 2.98. The molecule has 2 heterocycles. The summed E-state index contributed by atoms with van der Waals surface area (Å²) in [6.07, 6.45) is 6.05. The summed E-state index contributed by atoms with van der Waals surface area (Å²) in [5.74, 6) is 1.06. The zero-order valence-electron chi connectivity index (χ0n) is 14.4. The first-order valence-corrected chi connectivity index (χ1v) is 9.01. The lowest BCUT2D eigenvalue weighted by Crippen LogP contribution is -2.34. The molecule has 3 rings (SSSR count). The van der Waals surface area contributed by atoms with Crippen LogP contribution in [0.3, 0.4) is 0 Å². The molecule has 1 saturated carbocycles. The van der Waals surface area contributed by atoms with Crippen molar-refractivity contribution in [2.24, 2.45) is 5.92 Å². The molecule has 130 valence electrons. The van der Waals surface area contributed by atoms with Crippen LogP contribution in [0.25, 0.3) is 0 Å². The van der Waals surface area contributed by atoms with Crippen LogP contribution in [0.4, 0.5) is 5.95 Å². The second-order valence-corrected chi connectivity index (χ2v) is 6.88. The van der Waals surface area contributed by atoms with Crippen LogP contribution >= 0.6 is 0 Å². The quantitative estimate of drug-likeness (QED) is 0.915. The Kier molecular flexibility index (Phi) is 5.43. The molecule has 1 N–H and O–H groups in total. The number of nitrogens with one attached hydrogen (secondary N) is 1. The highest BCUT2D eigenvalue weighted by Gasteiger charge is 2.24. The Morgan fingerprint density at radius 3 is 2.62 bits per heavy atom. The maximum atomic E-state index is 12.3. The fourth-order valence-electron chi connectivity index (χ4n) is 3.47. The molecule has 2 aliphatic rings. The molecule has 6 heteroatoms. The lowest BCUT2D eigenvalue weighted by molar-refractivity contribution is -0.128. The summed E-state index contributed by atoms with van der Waals surface area (Å²) in [6, 6.07) is 1.93. The van der Waals surface area contributed by atoms with Crippen LogP contribution in [0.15, 0.2) is 6.07 Å².